The van der Waals surface area contributed by atoms with Crippen LogP contribution in [0.2, 0.25) is 0 Å². The molecule has 0 aliphatic carbocycles. The van der Waals surface area contributed by atoms with Gasteiger partial charge in [0.15, 0.2) is 0 Å². The monoisotopic (exact) mass is 289 g/mol. The molecule has 1 unspecified atom stereocenters. The third-order valence-electron chi connectivity index (χ3n) is 4.14. The Balaban J connectivity index is 2.01. The molecule has 1 atom stereocenters. The summed E-state index contributed by atoms with van der Waals surface area (Å²) in [7, 11) is 0. The Labute approximate surface area is 128 Å². The van der Waals surface area contributed by atoms with E-state index in [9.17, 15) is 4.79 Å². The molecule has 1 amide bonds. The second-order valence-corrected chi connectivity index (χ2v) is 6.15. The molecule has 21 heavy (non-hydrogen) atoms. The van der Waals surface area contributed by atoms with Crippen LogP contribution in [0.4, 0.5) is 0 Å². The average Bonchev–Trinajstić information content (AvgIpc) is 2.50. The van der Waals surface area contributed by atoms with Gasteiger partial charge in [-0.3, -0.25) is 4.79 Å². The quantitative estimate of drug-likeness (QED) is 0.748. The van der Waals surface area contributed by atoms with Crippen LogP contribution < -0.4 is 4.74 Å². The van der Waals surface area contributed by atoms with E-state index >= 15 is 0 Å². The smallest absolute Gasteiger partial charge is 0.229 e. The van der Waals surface area contributed by atoms with Gasteiger partial charge in [0.05, 0.1) is 5.92 Å². The highest BCUT2D eigenvalue weighted by Crippen LogP contribution is 2.28. The molecule has 0 saturated carbocycles. The second-order valence-electron chi connectivity index (χ2n) is 6.15. The normalized spacial score (nSPS) is 17.2. The van der Waals surface area contributed by atoms with Crippen LogP contribution in [0.5, 0.6) is 5.75 Å². The van der Waals surface area contributed by atoms with Crippen molar-refractivity contribution >= 4 is 5.91 Å². The van der Waals surface area contributed by atoms with E-state index in [1.165, 1.54) is 12.8 Å². The lowest BCUT2D eigenvalue weighted by Gasteiger charge is -2.33. The fraction of sp³-hybridized carbons (Fsp3) is 0.611. The molecule has 1 aliphatic heterocycles. The van der Waals surface area contributed by atoms with E-state index in [0.717, 1.165) is 30.7 Å². The number of carbonyl (C=O) groups excluding carboxylic acids is 1. The van der Waals surface area contributed by atoms with Crippen LogP contribution in [0, 0.1) is 5.92 Å². The third-order valence-corrected chi connectivity index (χ3v) is 4.14. The number of hydrogen-bond donors (Lipinski definition) is 0. The predicted molar refractivity (Wildman–Crippen MR) is 85.5 cm³/mol. The van der Waals surface area contributed by atoms with Gasteiger partial charge in [-0.15, -0.1) is 0 Å². The molecule has 0 saturated heterocycles. The van der Waals surface area contributed by atoms with Crippen LogP contribution >= 0.6 is 0 Å². The zero-order valence-corrected chi connectivity index (χ0v) is 13.5. The number of nitrogens with zero attached hydrogens (tertiary/aromatic N) is 1. The lowest BCUT2D eigenvalue weighted by molar-refractivity contribution is -0.138. The van der Waals surface area contributed by atoms with Crippen LogP contribution in [0.25, 0.3) is 0 Å². The van der Waals surface area contributed by atoms with Crippen molar-refractivity contribution in [3.63, 3.8) is 0 Å². The minimum Gasteiger partial charge on any atom is -0.492 e. The van der Waals surface area contributed by atoms with E-state index < -0.39 is 0 Å². The number of unbranched alkanes of at least 4 members (excludes halogenated alkanes) is 2. The average molecular weight is 289 g/mol. The maximum absolute atomic E-state index is 12.8. The fourth-order valence-electron chi connectivity index (χ4n) is 2.88. The first-order chi connectivity index (χ1) is 10.1. The molecule has 1 aromatic rings. The Morgan fingerprint density at radius 2 is 2.10 bits per heavy atom. The maximum atomic E-state index is 12.8. The van der Waals surface area contributed by atoms with Crippen molar-refractivity contribution in [3.8, 4) is 5.75 Å². The Kier molecular flexibility index (Phi) is 5.66. The molecule has 3 nitrogen and oxygen atoms in total. The van der Waals surface area contributed by atoms with E-state index in [4.69, 9.17) is 4.74 Å². The molecule has 0 fully saturated rings. The van der Waals surface area contributed by atoms with Crippen LogP contribution in [0.15, 0.2) is 24.3 Å². The zero-order valence-electron chi connectivity index (χ0n) is 13.5. The van der Waals surface area contributed by atoms with Crippen molar-refractivity contribution in [1.29, 1.82) is 0 Å². The SMILES string of the molecule is CCCCCN(C(=O)C1COc2ccccc2C1)C(C)C. The summed E-state index contributed by atoms with van der Waals surface area (Å²) in [6, 6.07) is 8.29. The van der Waals surface area contributed by atoms with Crippen LogP contribution in [0.3, 0.4) is 0 Å². The van der Waals surface area contributed by atoms with Crippen molar-refractivity contribution in [3.05, 3.63) is 29.8 Å². The van der Waals surface area contributed by atoms with E-state index in [0.29, 0.717) is 6.61 Å². The Morgan fingerprint density at radius 3 is 2.81 bits per heavy atom. The van der Waals surface area contributed by atoms with Crippen LogP contribution in [-0.2, 0) is 11.2 Å². The number of hydrogen-bond acceptors (Lipinski definition) is 2. The summed E-state index contributed by atoms with van der Waals surface area (Å²) in [5.41, 5.74) is 1.15. The summed E-state index contributed by atoms with van der Waals surface area (Å²) in [6.07, 6.45) is 4.25. The van der Waals surface area contributed by atoms with Gasteiger partial charge in [-0.2, -0.15) is 0 Å². The standard InChI is InChI=1S/C18H27NO2/c1-4-5-8-11-19(14(2)3)18(20)16-12-15-9-6-7-10-17(15)21-13-16/h6-7,9-10,14,16H,4-5,8,11-13H2,1-3H3. The van der Waals surface area contributed by atoms with Gasteiger partial charge in [-0.25, -0.2) is 0 Å². The minimum atomic E-state index is -0.0380. The van der Waals surface area contributed by atoms with E-state index in [2.05, 4.69) is 26.8 Å². The lowest BCUT2D eigenvalue weighted by atomic mass is 9.95. The first kappa shape index (κ1) is 15.9. The van der Waals surface area contributed by atoms with Gasteiger partial charge in [0.25, 0.3) is 0 Å². The van der Waals surface area contributed by atoms with E-state index in [1.54, 1.807) is 0 Å². The highest BCUT2D eigenvalue weighted by atomic mass is 16.5. The van der Waals surface area contributed by atoms with Gasteiger partial charge in [0.1, 0.15) is 12.4 Å². The Morgan fingerprint density at radius 1 is 1.33 bits per heavy atom. The van der Waals surface area contributed by atoms with Crippen LogP contribution in [-0.4, -0.2) is 30.0 Å². The van der Waals surface area contributed by atoms with E-state index in [-0.39, 0.29) is 17.9 Å². The number of carbonyl (C=O) groups is 1. The summed E-state index contributed by atoms with van der Waals surface area (Å²) >= 11 is 0. The molecular formula is C18H27NO2. The van der Waals surface area contributed by atoms with Crippen molar-refractivity contribution in [2.45, 2.75) is 52.5 Å². The summed E-state index contributed by atoms with van der Waals surface area (Å²) in [6.45, 7) is 7.76. The Bertz CT molecular complexity index is 470. The molecule has 0 aromatic heterocycles. The highest BCUT2D eigenvalue weighted by molar-refractivity contribution is 5.80. The van der Waals surface area contributed by atoms with Gasteiger partial charge in [0, 0.05) is 12.6 Å². The first-order valence-corrected chi connectivity index (χ1v) is 8.14. The number of rotatable bonds is 6. The highest BCUT2D eigenvalue weighted by Gasteiger charge is 2.30. The van der Waals surface area contributed by atoms with Gasteiger partial charge < -0.3 is 9.64 Å². The number of ether oxygens (including phenoxy) is 1. The molecule has 1 heterocycles. The molecule has 0 spiro atoms. The largest absolute Gasteiger partial charge is 0.492 e. The van der Waals surface area contributed by atoms with Gasteiger partial charge in [-0.05, 0) is 38.3 Å². The molecule has 116 valence electrons. The molecule has 1 aliphatic rings. The van der Waals surface area contributed by atoms with Gasteiger partial charge in [0.2, 0.25) is 5.91 Å². The molecule has 0 radical (unpaired) electrons. The number of amides is 1. The zero-order chi connectivity index (χ0) is 15.2. The minimum absolute atomic E-state index is 0.0380. The number of para-hydroxylation sites is 1. The fourth-order valence-corrected chi connectivity index (χ4v) is 2.88. The molecule has 0 N–H and O–H groups in total. The Hall–Kier alpha value is -1.51. The number of fused-ring (bicyclic) bond motifs is 1. The van der Waals surface area contributed by atoms with Crippen molar-refractivity contribution < 1.29 is 9.53 Å². The topological polar surface area (TPSA) is 29.5 Å². The third kappa shape index (κ3) is 3.99. The predicted octanol–water partition coefficient (Wildman–Crippen LogP) is 3.66. The van der Waals surface area contributed by atoms with Crippen molar-refractivity contribution in [1.82, 2.24) is 4.90 Å². The van der Waals surface area contributed by atoms with Crippen molar-refractivity contribution in [2.24, 2.45) is 5.92 Å². The summed E-state index contributed by atoms with van der Waals surface area (Å²) in [5, 5.41) is 0. The van der Waals surface area contributed by atoms with Crippen LogP contribution in [0.1, 0.15) is 45.6 Å². The summed E-state index contributed by atoms with van der Waals surface area (Å²) in [4.78, 5) is 14.8. The maximum Gasteiger partial charge on any atom is 0.229 e. The molecule has 1 aromatic carbocycles. The van der Waals surface area contributed by atoms with Crippen molar-refractivity contribution in [2.75, 3.05) is 13.2 Å². The molecular weight excluding hydrogens is 262 g/mol. The second kappa shape index (κ2) is 7.48. The van der Waals surface area contributed by atoms with Gasteiger partial charge >= 0.3 is 0 Å². The van der Waals surface area contributed by atoms with Gasteiger partial charge in [-0.1, -0.05) is 38.0 Å². The molecule has 2 rings (SSSR count). The molecule has 3 heteroatoms. The summed E-state index contributed by atoms with van der Waals surface area (Å²) < 4.78 is 5.77. The first-order valence-electron chi connectivity index (χ1n) is 8.14. The van der Waals surface area contributed by atoms with E-state index in [1.807, 2.05) is 23.1 Å². The lowest BCUT2D eigenvalue weighted by Crippen LogP contribution is -2.44. The molecule has 0 bridgehead atoms. The number of benzene rings is 1. The summed E-state index contributed by atoms with van der Waals surface area (Å²) in [5.74, 6) is 1.14.